The number of carbonyl (C=O) groups is 1. The van der Waals surface area contributed by atoms with Gasteiger partial charge >= 0.3 is 0 Å². The van der Waals surface area contributed by atoms with Gasteiger partial charge in [-0.25, -0.2) is 13.8 Å². The van der Waals surface area contributed by atoms with Gasteiger partial charge in [0.25, 0.3) is 0 Å². The molecule has 3 rings (SSSR count). The number of hydrogen-bond acceptors (Lipinski definition) is 7. The minimum atomic E-state index is -0.844. The van der Waals surface area contributed by atoms with Crippen molar-refractivity contribution in [2.45, 2.75) is 19.9 Å². The summed E-state index contributed by atoms with van der Waals surface area (Å²) >= 11 is 6.21. The second kappa shape index (κ2) is 13.4. The topological polar surface area (TPSA) is 100 Å². The molecule has 36 heavy (non-hydrogen) atoms. The maximum atomic E-state index is 14.4. The molecule has 1 amide bonds. The number of hydrogen-bond donors (Lipinski definition) is 4. The number of ether oxygens (including phenoxy) is 1. The Labute approximate surface area is 213 Å². The lowest BCUT2D eigenvalue weighted by molar-refractivity contribution is -0.111. The summed E-state index contributed by atoms with van der Waals surface area (Å²) in [5.74, 6) is -2.04. The lowest BCUT2D eigenvalue weighted by Gasteiger charge is -2.13. The summed E-state index contributed by atoms with van der Waals surface area (Å²) in [6.45, 7) is 7.21. The second-order valence-corrected chi connectivity index (χ2v) is 8.04. The fraction of sp³-hybridized carbons (Fsp3) is 0.240. The Hall–Kier alpha value is -3.76. The quantitative estimate of drug-likeness (QED) is 0.181. The fourth-order valence-electron chi connectivity index (χ4n) is 3.12. The molecule has 0 aliphatic rings. The average Bonchev–Trinajstić information content (AvgIpc) is 2.85. The second-order valence-electron chi connectivity index (χ2n) is 7.63. The molecule has 0 saturated heterocycles. The number of nitrogens with zero attached hydrogens (tertiary/aromatic N) is 2. The van der Waals surface area contributed by atoms with E-state index in [0.717, 1.165) is 30.7 Å². The fourth-order valence-corrected chi connectivity index (χ4v) is 3.27. The Kier molecular flexibility index (Phi) is 9.96. The molecule has 4 N–H and O–H groups in total. The third-order valence-electron chi connectivity index (χ3n) is 4.79. The van der Waals surface area contributed by atoms with Crippen LogP contribution in [0.1, 0.15) is 18.9 Å². The van der Waals surface area contributed by atoms with E-state index in [1.165, 1.54) is 12.3 Å². The van der Waals surface area contributed by atoms with Gasteiger partial charge in [0.1, 0.15) is 11.6 Å². The lowest BCUT2D eigenvalue weighted by Crippen LogP contribution is -2.22. The van der Waals surface area contributed by atoms with Gasteiger partial charge in [-0.2, -0.15) is 4.98 Å². The molecule has 11 heteroatoms. The summed E-state index contributed by atoms with van der Waals surface area (Å²) in [5, 5.41) is 11.9. The first-order valence-corrected chi connectivity index (χ1v) is 11.7. The maximum absolute atomic E-state index is 14.4. The van der Waals surface area contributed by atoms with Crippen LogP contribution in [-0.4, -0.2) is 35.6 Å². The molecule has 0 aliphatic heterocycles. The van der Waals surface area contributed by atoms with Crippen molar-refractivity contribution in [3.05, 3.63) is 77.5 Å². The molecule has 3 aromatic rings. The van der Waals surface area contributed by atoms with Crippen LogP contribution in [0.2, 0.25) is 5.02 Å². The highest BCUT2D eigenvalue weighted by Crippen LogP contribution is 2.28. The predicted molar refractivity (Wildman–Crippen MR) is 138 cm³/mol. The lowest BCUT2D eigenvalue weighted by atomic mass is 10.2. The van der Waals surface area contributed by atoms with Crippen LogP contribution in [0, 0.1) is 11.6 Å². The first-order valence-electron chi connectivity index (χ1n) is 11.3. The van der Waals surface area contributed by atoms with E-state index in [4.69, 9.17) is 16.3 Å². The minimum absolute atomic E-state index is 0.0881. The summed E-state index contributed by atoms with van der Waals surface area (Å²) in [4.78, 5) is 19.9. The van der Waals surface area contributed by atoms with Crippen molar-refractivity contribution in [2.75, 3.05) is 35.6 Å². The van der Waals surface area contributed by atoms with E-state index in [9.17, 15) is 13.6 Å². The van der Waals surface area contributed by atoms with Crippen LogP contribution >= 0.6 is 11.6 Å². The molecular formula is C25H27ClF2N6O2. The average molecular weight is 517 g/mol. The number of carbonyl (C=O) groups excluding carboxylic acids is 1. The number of nitrogens with one attached hydrogen (secondary N) is 4. The number of benzene rings is 2. The monoisotopic (exact) mass is 516 g/mol. The third-order valence-corrected chi connectivity index (χ3v) is 5.07. The minimum Gasteiger partial charge on any atom is -0.486 e. The van der Waals surface area contributed by atoms with Crippen molar-refractivity contribution in [1.29, 1.82) is 0 Å². The van der Waals surface area contributed by atoms with Crippen LogP contribution < -0.4 is 26.0 Å². The zero-order chi connectivity index (χ0) is 25.9. The van der Waals surface area contributed by atoms with Gasteiger partial charge in [0.05, 0.1) is 6.20 Å². The number of halogens is 3. The van der Waals surface area contributed by atoms with Crippen molar-refractivity contribution < 1.29 is 18.3 Å². The Balaban J connectivity index is 1.64. The van der Waals surface area contributed by atoms with E-state index in [2.05, 4.69) is 37.8 Å². The van der Waals surface area contributed by atoms with E-state index in [-0.39, 0.29) is 29.2 Å². The Morgan fingerprint density at radius 1 is 1.17 bits per heavy atom. The molecule has 0 spiro atoms. The number of aromatic nitrogens is 2. The third kappa shape index (κ3) is 7.89. The first-order chi connectivity index (χ1) is 17.4. The SMILES string of the molecule is C=CC(=O)Nc1cccc(CNc2nc(Nc3cc(F)c(OCCNCCC)c(F)c3)ncc2Cl)c1. The summed E-state index contributed by atoms with van der Waals surface area (Å²) in [5.41, 5.74) is 1.58. The van der Waals surface area contributed by atoms with E-state index >= 15 is 0 Å². The van der Waals surface area contributed by atoms with Crippen LogP contribution in [0.15, 0.2) is 55.3 Å². The van der Waals surface area contributed by atoms with Gasteiger partial charge in [-0.3, -0.25) is 4.79 Å². The Bertz CT molecular complexity index is 1190. The summed E-state index contributed by atoms with van der Waals surface area (Å²) in [7, 11) is 0. The molecule has 1 heterocycles. The molecule has 0 bridgehead atoms. The van der Waals surface area contributed by atoms with Crippen molar-refractivity contribution in [3.8, 4) is 5.75 Å². The van der Waals surface area contributed by atoms with Crippen LogP contribution in [0.5, 0.6) is 5.75 Å². The molecule has 0 saturated carbocycles. The molecule has 0 radical (unpaired) electrons. The van der Waals surface area contributed by atoms with Gasteiger partial charge in [-0.05, 0) is 36.7 Å². The van der Waals surface area contributed by atoms with Crippen LogP contribution in [0.25, 0.3) is 0 Å². The van der Waals surface area contributed by atoms with E-state index < -0.39 is 17.4 Å². The molecule has 0 fully saturated rings. The largest absolute Gasteiger partial charge is 0.486 e. The summed E-state index contributed by atoms with van der Waals surface area (Å²) in [6.07, 6.45) is 3.51. The molecule has 2 aromatic carbocycles. The number of amides is 1. The van der Waals surface area contributed by atoms with Gasteiger partial charge in [0.2, 0.25) is 11.9 Å². The smallest absolute Gasteiger partial charge is 0.247 e. The molecule has 190 valence electrons. The molecular weight excluding hydrogens is 490 g/mol. The van der Waals surface area contributed by atoms with E-state index in [1.807, 2.05) is 13.0 Å². The summed E-state index contributed by atoms with van der Waals surface area (Å²) in [6, 6.07) is 9.40. The molecule has 0 atom stereocenters. The highest BCUT2D eigenvalue weighted by atomic mass is 35.5. The van der Waals surface area contributed by atoms with Gasteiger partial charge in [-0.1, -0.05) is 37.2 Å². The normalized spacial score (nSPS) is 10.6. The summed E-state index contributed by atoms with van der Waals surface area (Å²) < 4.78 is 34.1. The molecule has 0 unspecified atom stereocenters. The van der Waals surface area contributed by atoms with Crippen LogP contribution in [0.4, 0.5) is 31.9 Å². The standard InChI is InChI=1S/C25H27ClF2N6O2/c1-3-8-29-9-10-36-23-20(27)12-18(13-21(23)28)33-25-31-15-19(26)24(34-25)30-14-16-6-5-7-17(11-16)32-22(35)4-2/h4-7,11-13,15,29H,2-3,8-10,14H2,1H3,(H,32,35)(H2,30,31,33,34). The van der Waals surface area contributed by atoms with Crippen molar-refractivity contribution in [3.63, 3.8) is 0 Å². The first kappa shape index (κ1) is 26.8. The predicted octanol–water partition coefficient (Wildman–Crippen LogP) is 5.27. The maximum Gasteiger partial charge on any atom is 0.247 e. The molecule has 8 nitrogen and oxygen atoms in total. The zero-order valence-corrected chi connectivity index (χ0v) is 20.5. The Morgan fingerprint density at radius 3 is 2.67 bits per heavy atom. The van der Waals surface area contributed by atoms with Gasteiger partial charge in [-0.15, -0.1) is 0 Å². The van der Waals surface area contributed by atoms with Crippen LogP contribution in [-0.2, 0) is 11.3 Å². The van der Waals surface area contributed by atoms with Gasteiger partial charge < -0.3 is 26.0 Å². The zero-order valence-electron chi connectivity index (χ0n) is 19.7. The Morgan fingerprint density at radius 2 is 1.94 bits per heavy atom. The van der Waals surface area contributed by atoms with Gasteiger partial charge in [0.15, 0.2) is 23.2 Å². The van der Waals surface area contributed by atoms with Crippen molar-refractivity contribution in [2.24, 2.45) is 0 Å². The highest BCUT2D eigenvalue weighted by molar-refractivity contribution is 6.32. The highest BCUT2D eigenvalue weighted by Gasteiger charge is 2.14. The van der Waals surface area contributed by atoms with Gasteiger partial charge in [0, 0.05) is 36.6 Å². The van der Waals surface area contributed by atoms with E-state index in [1.54, 1.807) is 18.2 Å². The van der Waals surface area contributed by atoms with Crippen LogP contribution in [0.3, 0.4) is 0 Å². The molecule has 0 aliphatic carbocycles. The number of anilines is 4. The molecule has 1 aromatic heterocycles. The van der Waals surface area contributed by atoms with E-state index in [0.29, 0.717) is 24.6 Å². The number of rotatable bonds is 13. The van der Waals surface area contributed by atoms with Crippen molar-refractivity contribution in [1.82, 2.24) is 15.3 Å². The van der Waals surface area contributed by atoms with Crippen molar-refractivity contribution >= 4 is 40.6 Å².